The van der Waals surface area contributed by atoms with Crippen LogP contribution >= 0.6 is 15.9 Å². The van der Waals surface area contributed by atoms with E-state index in [1.54, 1.807) is 0 Å². The van der Waals surface area contributed by atoms with Gasteiger partial charge in [0.2, 0.25) is 0 Å². The van der Waals surface area contributed by atoms with Crippen LogP contribution in [-0.4, -0.2) is 9.90 Å². The Bertz CT molecular complexity index is 482. The number of aromatic nitrogens is 1. The van der Waals surface area contributed by atoms with Gasteiger partial charge >= 0.3 is 0 Å². The van der Waals surface area contributed by atoms with Crippen molar-refractivity contribution in [2.45, 2.75) is 19.3 Å². The van der Waals surface area contributed by atoms with Crippen molar-refractivity contribution in [2.75, 3.05) is 5.33 Å². The van der Waals surface area contributed by atoms with Crippen LogP contribution in [0.15, 0.2) is 30.5 Å². The molecule has 2 aromatic rings. The summed E-state index contributed by atoms with van der Waals surface area (Å²) in [7, 11) is 2.11. The highest BCUT2D eigenvalue weighted by atomic mass is 79.9. The first kappa shape index (κ1) is 10.7. The first-order valence-corrected chi connectivity index (χ1v) is 6.29. The standard InChI is InChI=1S/C13H16BrN/c1-13(2,9-14)11-6-4-5-10-7-8-15(3)12(10)11/h4-8H,9H2,1-3H3. The number of aryl methyl sites for hydroxylation is 1. The fourth-order valence-electron chi connectivity index (χ4n) is 1.97. The van der Waals surface area contributed by atoms with Crippen LogP contribution in [0.2, 0.25) is 0 Å². The maximum Gasteiger partial charge on any atom is 0.0515 e. The number of hydrogen-bond donors (Lipinski definition) is 0. The summed E-state index contributed by atoms with van der Waals surface area (Å²) >= 11 is 3.60. The number of hydrogen-bond acceptors (Lipinski definition) is 0. The second-order valence-corrected chi connectivity index (χ2v) is 5.25. The van der Waals surface area contributed by atoms with Gasteiger partial charge in [-0.3, -0.25) is 0 Å². The quantitative estimate of drug-likeness (QED) is 0.727. The van der Waals surface area contributed by atoms with E-state index in [1.807, 2.05) is 0 Å². The zero-order chi connectivity index (χ0) is 11.1. The third kappa shape index (κ3) is 1.71. The lowest BCUT2D eigenvalue weighted by Gasteiger charge is -2.23. The topological polar surface area (TPSA) is 4.93 Å². The van der Waals surface area contributed by atoms with E-state index in [4.69, 9.17) is 0 Å². The van der Waals surface area contributed by atoms with Gasteiger partial charge in [0.05, 0.1) is 5.52 Å². The Morgan fingerprint density at radius 2 is 2.00 bits per heavy atom. The van der Waals surface area contributed by atoms with E-state index in [9.17, 15) is 0 Å². The molecular weight excluding hydrogens is 250 g/mol. The van der Waals surface area contributed by atoms with E-state index in [1.165, 1.54) is 16.5 Å². The van der Waals surface area contributed by atoms with Crippen LogP contribution in [0.4, 0.5) is 0 Å². The highest BCUT2D eigenvalue weighted by molar-refractivity contribution is 9.09. The van der Waals surface area contributed by atoms with Crippen LogP contribution in [-0.2, 0) is 12.5 Å². The molecule has 0 radical (unpaired) electrons. The third-order valence-electron chi connectivity index (χ3n) is 2.96. The van der Waals surface area contributed by atoms with Crippen LogP contribution in [0.3, 0.4) is 0 Å². The summed E-state index contributed by atoms with van der Waals surface area (Å²) in [5, 5.41) is 2.30. The Morgan fingerprint density at radius 1 is 1.27 bits per heavy atom. The van der Waals surface area contributed by atoms with Gasteiger partial charge in [0.25, 0.3) is 0 Å². The highest BCUT2D eigenvalue weighted by Crippen LogP contribution is 2.31. The Kier molecular flexibility index (Phi) is 2.63. The summed E-state index contributed by atoms with van der Waals surface area (Å²) in [4.78, 5) is 0. The molecule has 0 fully saturated rings. The Labute approximate surface area is 99.2 Å². The van der Waals surface area contributed by atoms with Gasteiger partial charge in [0.15, 0.2) is 0 Å². The fraction of sp³-hybridized carbons (Fsp3) is 0.385. The molecule has 0 saturated heterocycles. The number of fused-ring (bicyclic) bond motifs is 1. The summed E-state index contributed by atoms with van der Waals surface area (Å²) in [5.41, 5.74) is 2.93. The van der Waals surface area contributed by atoms with Crippen molar-refractivity contribution in [3.8, 4) is 0 Å². The molecule has 0 unspecified atom stereocenters. The molecule has 0 N–H and O–H groups in total. The van der Waals surface area contributed by atoms with E-state index in [0.29, 0.717) is 0 Å². The van der Waals surface area contributed by atoms with Crippen LogP contribution < -0.4 is 0 Å². The molecular formula is C13H16BrN. The van der Waals surface area contributed by atoms with Crippen LogP contribution in [0.1, 0.15) is 19.4 Å². The fourth-order valence-corrected chi connectivity index (χ4v) is 2.28. The highest BCUT2D eigenvalue weighted by Gasteiger charge is 2.22. The summed E-state index contributed by atoms with van der Waals surface area (Å²) in [6.45, 7) is 4.53. The SMILES string of the molecule is Cn1ccc2cccc(C(C)(C)CBr)c21. The summed E-state index contributed by atoms with van der Waals surface area (Å²) in [5.74, 6) is 0. The Balaban J connectivity index is 2.75. The first-order valence-electron chi connectivity index (χ1n) is 5.17. The maximum atomic E-state index is 3.60. The van der Waals surface area contributed by atoms with Crippen molar-refractivity contribution in [1.29, 1.82) is 0 Å². The minimum atomic E-state index is 0.172. The number of alkyl halides is 1. The smallest absolute Gasteiger partial charge is 0.0515 e. The normalized spacial score (nSPS) is 12.3. The van der Waals surface area contributed by atoms with Gasteiger partial charge in [-0.05, 0) is 17.0 Å². The molecule has 0 saturated carbocycles. The predicted molar refractivity (Wildman–Crippen MR) is 69.7 cm³/mol. The lowest BCUT2D eigenvalue weighted by Crippen LogP contribution is -2.19. The Hall–Kier alpha value is -0.760. The van der Waals surface area contributed by atoms with E-state index in [0.717, 1.165) is 5.33 Å². The van der Waals surface area contributed by atoms with Gasteiger partial charge in [-0.15, -0.1) is 0 Å². The molecule has 1 heterocycles. The van der Waals surface area contributed by atoms with E-state index in [-0.39, 0.29) is 5.41 Å². The monoisotopic (exact) mass is 265 g/mol. The second kappa shape index (κ2) is 3.67. The lowest BCUT2D eigenvalue weighted by molar-refractivity contribution is 0.609. The lowest BCUT2D eigenvalue weighted by atomic mass is 9.86. The number of para-hydroxylation sites is 1. The molecule has 80 valence electrons. The van der Waals surface area contributed by atoms with Gasteiger partial charge in [-0.2, -0.15) is 0 Å². The van der Waals surface area contributed by atoms with Crippen LogP contribution in [0.5, 0.6) is 0 Å². The minimum absolute atomic E-state index is 0.172. The average Bonchev–Trinajstić information content (AvgIpc) is 2.60. The molecule has 0 amide bonds. The van der Waals surface area contributed by atoms with Crippen molar-refractivity contribution in [2.24, 2.45) is 7.05 Å². The van der Waals surface area contributed by atoms with Gasteiger partial charge < -0.3 is 4.57 Å². The van der Waals surface area contributed by atoms with E-state index in [2.05, 4.69) is 71.9 Å². The molecule has 0 spiro atoms. The summed E-state index contributed by atoms with van der Waals surface area (Å²) < 4.78 is 2.20. The molecule has 1 aromatic heterocycles. The van der Waals surface area contributed by atoms with Crippen molar-refractivity contribution < 1.29 is 0 Å². The molecule has 15 heavy (non-hydrogen) atoms. The zero-order valence-corrected chi connectivity index (χ0v) is 11.0. The molecule has 0 atom stereocenters. The maximum absolute atomic E-state index is 3.60. The number of halogens is 1. The molecule has 2 heteroatoms. The largest absolute Gasteiger partial charge is 0.350 e. The number of rotatable bonds is 2. The molecule has 1 nitrogen and oxygen atoms in total. The minimum Gasteiger partial charge on any atom is -0.350 e. The van der Waals surface area contributed by atoms with Gasteiger partial charge in [-0.25, -0.2) is 0 Å². The molecule has 2 rings (SSSR count). The summed E-state index contributed by atoms with van der Waals surface area (Å²) in [6.07, 6.45) is 2.12. The van der Waals surface area contributed by atoms with Crippen molar-refractivity contribution in [3.05, 3.63) is 36.0 Å². The predicted octanol–water partition coefficient (Wildman–Crippen LogP) is 3.85. The second-order valence-electron chi connectivity index (χ2n) is 4.69. The van der Waals surface area contributed by atoms with E-state index >= 15 is 0 Å². The molecule has 1 aromatic carbocycles. The van der Waals surface area contributed by atoms with E-state index < -0.39 is 0 Å². The van der Waals surface area contributed by atoms with Crippen LogP contribution in [0, 0.1) is 0 Å². The average molecular weight is 266 g/mol. The number of benzene rings is 1. The molecule has 0 aliphatic carbocycles. The number of nitrogens with zero attached hydrogens (tertiary/aromatic N) is 1. The zero-order valence-electron chi connectivity index (χ0n) is 9.42. The van der Waals surface area contributed by atoms with Crippen molar-refractivity contribution in [3.63, 3.8) is 0 Å². The van der Waals surface area contributed by atoms with Gasteiger partial charge in [0, 0.05) is 24.0 Å². The first-order chi connectivity index (χ1) is 7.06. The van der Waals surface area contributed by atoms with Crippen molar-refractivity contribution >= 4 is 26.8 Å². The molecule has 0 aliphatic heterocycles. The summed E-state index contributed by atoms with van der Waals surface area (Å²) in [6, 6.07) is 8.71. The molecule has 0 aliphatic rings. The Morgan fingerprint density at radius 3 is 2.67 bits per heavy atom. The molecule has 0 bridgehead atoms. The third-order valence-corrected chi connectivity index (χ3v) is 4.36. The van der Waals surface area contributed by atoms with Gasteiger partial charge in [-0.1, -0.05) is 48.0 Å². The van der Waals surface area contributed by atoms with Crippen molar-refractivity contribution in [1.82, 2.24) is 4.57 Å². The van der Waals surface area contributed by atoms with Crippen LogP contribution in [0.25, 0.3) is 10.9 Å². The van der Waals surface area contributed by atoms with Gasteiger partial charge in [0.1, 0.15) is 0 Å².